The molecule has 2 saturated heterocycles. The van der Waals surface area contributed by atoms with E-state index >= 15 is 0 Å². The number of hydrogen-bond donors (Lipinski definition) is 9. The zero-order valence-corrected chi connectivity index (χ0v) is 39.2. The summed E-state index contributed by atoms with van der Waals surface area (Å²) >= 11 is 0. The summed E-state index contributed by atoms with van der Waals surface area (Å²) in [6.07, 6.45) is 18.6. The molecule has 2 amide bonds. The number of amides is 2. The first-order chi connectivity index (χ1) is 30.5. The maximum absolute atomic E-state index is 13.2. The van der Waals surface area contributed by atoms with Gasteiger partial charge in [0.15, 0.2) is 12.6 Å². The second kappa shape index (κ2) is 35.4. The second-order valence-corrected chi connectivity index (χ2v) is 18.0. The van der Waals surface area contributed by atoms with Gasteiger partial charge in [-0.15, -0.1) is 0 Å². The van der Waals surface area contributed by atoms with E-state index < -0.39 is 92.6 Å². The van der Waals surface area contributed by atoms with Gasteiger partial charge in [0.25, 0.3) is 0 Å². The Balaban J connectivity index is 2.00. The lowest BCUT2D eigenvalue weighted by molar-refractivity contribution is -0.348. The lowest BCUT2D eigenvalue weighted by Gasteiger charge is -2.47. The highest BCUT2D eigenvalue weighted by molar-refractivity contribution is 5.76. The van der Waals surface area contributed by atoms with Crippen LogP contribution in [-0.2, 0) is 28.5 Å². The molecule has 15 nitrogen and oxygen atoms in total. The number of unbranched alkanes of at least 4 members (excludes halogenated alkanes) is 23. The van der Waals surface area contributed by atoms with E-state index in [0.717, 1.165) is 38.5 Å². The summed E-state index contributed by atoms with van der Waals surface area (Å²) in [7, 11) is 0. The van der Waals surface area contributed by atoms with Crippen molar-refractivity contribution in [1.82, 2.24) is 10.6 Å². The molecule has 0 bridgehead atoms. The van der Waals surface area contributed by atoms with Crippen molar-refractivity contribution >= 4 is 11.8 Å². The molecule has 0 aromatic rings. The third-order valence-corrected chi connectivity index (χ3v) is 12.4. The minimum Gasteiger partial charge on any atom is -0.394 e. The average Bonchev–Trinajstić information content (AvgIpc) is 3.27. The molecule has 15 heteroatoms. The van der Waals surface area contributed by atoms with Crippen LogP contribution in [-0.4, -0.2) is 141 Å². The Hall–Kier alpha value is -1.76. The fourth-order valence-corrected chi connectivity index (χ4v) is 8.40. The molecule has 2 heterocycles. The molecule has 2 fully saturated rings. The van der Waals surface area contributed by atoms with E-state index in [0.29, 0.717) is 6.42 Å². The predicted molar refractivity (Wildman–Crippen MR) is 242 cm³/mol. The van der Waals surface area contributed by atoms with Crippen LogP contribution >= 0.6 is 0 Å². The molecule has 0 aromatic heterocycles. The Morgan fingerprint density at radius 3 is 1.59 bits per heavy atom. The van der Waals surface area contributed by atoms with Crippen LogP contribution in [0.15, 0.2) is 12.2 Å². The maximum Gasteiger partial charge on any atom is 0.220 e. The lowest BCUT2D eigenvalue weighted by atomic mass is 9.95. The van der Waals surface area contributed by atoms with E-state index in [1.54, 1.807) is 6.08 Å². The highest BCUT2D eigenvalue weighted by atomic mass is 16.7. The van der Waals surface area contributed by atoms with Crippen LogP contribution < -0.4 is 10.6 Å². The molecule has 0 radical (unpaired) electrons. The number of aliphatic hydroxyl groups excluding tert-OH is 7. The van der Waals surface area contributed by atoms with Gasteiger partial charge in [-0.25, -0.2) is 0 Å². The summed E-state index contributed by atoms with van der Waals surface area (Å²) < 4.78 is 23.3. The van der Waals surface area contributed by atoms with Crippen molar-refractivity contribution in [2.24, 2.45) is 0 Å². The average molecular weight is 903 g/mol. The third kappa shape index (κ3) is 23.5. The first-order valence-electron chi connectivity index (χ1n) is 24.9. The van der Waals surface area contributed by atoms with Crippen molar-refractivity contribution in [1.29, 1.82) is 0 Å². The predicted octanol–water partition coefficient (Wildman–Crippen LogP) is 5.36. The van der Waals surface area contributed by atoms with E-state index in [4.69, 9.17) is 18.9 Å². The van der Waals surface area contributed by atoms with Crippen LogP contribution in [0.5, 0.6) is 0 Å². The second-order valence-electron chi connectivity index (χ2n) is 18.0. The van der Waals surface area contributed by atoms with Crippen LogP contribution in [0, 0.1) is 0 Å². The quantitative estimate of drug-likeness (QED) is 0.0283. The molecular weight excluding hydrogens is 813 g/mol. The number of carbonyl (C=O) groups excluding carboxylic acids is 2. The standard InChI is InChI=1S/C48H90N2O13/c1-4-6-8-10-12-14-16-18-20-22-24-26-28-30-37(54)36(50-40(55)31-29-27-25-23-21-19-17-15-13-11-9-7-5-2)34-60-47-41(49-35(3)53)43(57)46(39(33-52)62-47)63-48-45(59)44(58)42(56)38(32-51)61-48/h28,30,36-39,41-48,51-52,54,56-59H,4-27,29,31-34H2,1-3H3,(H,49,53)(H,50,55)/b30-28+/t36-,37-,38-,39-,41-,42-,43-,44+,45+,46-,47-,48+/m1/s1. The zero-order valence-electron chi connectivity index (χ0n) is 39.2. The van der Waals surface area contributed by atoms with Crippen LogP contribution in [0.3, 0.4) is 0 Å². The summed E-state index contributed by atoms with van der Waals surface area (Å²) in [5, 5.41) is 79.3. The SMILES string of the molecule is CCCCCCCCCCCCC/C=C/[C@@H](O)[C@@H](CO[C@@H]1O[C@H](CO)[C@@H](O[C@@H]2O[C@H](CO)[C@@H](O)[C@H](O)[C@@H]2O)[C@H](O)[C@H]1NC(C)=O)NC(=O)CCCCCCCCCCCCCCC. The minimum atomic E-state index is -1.80. The van der Waals surface area contributed by atoms with Crippen molar-refractivity contribution in [3.63, 3.8) is 0 Å². The monoisotopic (exact) mass is 903 g/mol. The topological polar surface area (TPSA) is 237 Å². The number of allylic oxidation sites excluding steroid dienone is 1. The molecule has 0 spiro atoms. The van der Waals surface area contributed by atoms with E-state index in [2.05, 4.69) is 24.5 Å². The summed E-state index contributed by atoms with van der Waals surface area (Å²) in [6.45, 7) is 3.99. The maximum atomic E-state index is 13.2. The molecule has 0 saturated carbocycles. The molecule has 9 N–H and O–H groups in total. The first-order valence-corrected chi connectivity index (χ1v) is 24.9. The van der Waals surface area contributed by atoms with Crippen molar-refractivity contribution in [3.05, 3.63) is 12.2 Å². The third-order valence-electron chi connectivity index (χ3n) is 12.4. The highest BCUT2D eigenvalue weighted by Crippen LogP contribution is 2.30. The lowest BCUT2D eigenvalue weighted by Crippen LogP contribution is -2.67. The molecule has 0 aromatic carbocycles. The molecule has 370 valence electrons. The van der Waals surface area contributed by atoms with Crippen molar-refractivity contribution in [3.8, 4) is 0 Å². The van der Waals surface area contributed by atoms with Gasteiger partial charge in [0.1, 0.15) is 48.8 Å². The normalized spacial score (nSPS) is 27.4. The van der Waals surface area contributed by atoms with E-state index in [-0.39, 0.29) is 18.9 Å². The molecule has 0 aliphatic carbocycles. The van der Waals surface area contributed by atoms with E-state index in [1.807, 2.05) is 6.08 Å². The fourth-order valence-electron chi connectivity index (χ4n) is 8.40. The summed E-state index contributed by atoms with van der Waals surface area (Å²) in [5.74, 6) is -0.799. The molecule has 0 unspecified atom stereocenters. The summed E-state index contributed by atoms with van der Waals surface area (Å²) in [4.78, 5) is 25.6. The van der Waals surface area contributed by atoms with Gasteiger partial charge in [-0.2, -0.15) is 0 Å². The Morgan fingerprint density at radius 2 is 1.10 bits per heavy atom. The summed E-state index contributed by atoms with van der Waals surface area (Å²) in [5.41, 5.74) is 0. The number of carbonyl (C=O) groups is 2. The molecule has 2 rings (SSSR count). The Morgan fingerprint density at radius 1 is 0.619 bits per heavy atom. The largest absolute Gasteiger partial charge is 0.394 e. The van der Waals surface area contributed by atoms with E-state index in [9.17, 15) is 45.3 Å². The van der Waals surface area contributed by atoms with E-state index in [1.165, 1.54) is 122 Å². The van der Waals surface area contributed by atoms with Gasteiger partial charge in [-0.05, 0) is 19.3 Å². The van der Waals surface area contributed by atoms with Crippen LogP contribution in [0.25, 0.3) is 0 Å². The Bertz CT molecular complexity index is 1180. The number of nitrogens with one attached hydrogen (secondary N) is 2. The number of aliphatic hydroxyl groups is 7. The number of ether oxygens (including phenoxy) is 4. The molecule has 12 atom stereocenters. The molecule has 2 aliphatic rings. The van der Waals surface area contributed by atoms with Gasteiger partial charge in [-0.3, -0.25) is 9.59 Å². The Kier molecular flexibility index (Phi) is 32.3. The fraction of sp³-hybridized carbons (Fsp3) is 0.917. The molecule has 63 heavy (non-hydrogen) atoms. The number of hydrogen-bond acceptors (Lipinski definition) is 13. The van der Waals surface area contributed by atoms with Crippen molar-refractivity contribution in [2.45, 2.75) is 261 Å². The highest BCUT2D eigenvalue weighted by Gasteiger charge is 2.51. The van der Waals surface area contributed by atoms with Crippen LogP contribution in [0.4, 0.5) is 0 Å². The van der Waals surface area contributed by atoms with Gasteiger partial charge < -0.3 is 65.3 Å². The minimum absolute atomic E-state index is 0.242. The van der Waals surface area contributed by atoms with Crippen LogP contribution in [0.1, 0.15) is 188 Å². The summed E-state index contributed by atoms with van der Waals surface area (Å²) in [6, 6.07) is -2.21. The smallest absolute Gasteiger partial charge is 0.220 e. The van der Waals surface area contributed by atoms with Gasteiger partial charge >= 0.3 is 0 Å². The van der Waals surface area contributed by atoms with Gasteiger partial charge in [0.05, 0.1) is 32.0 Å². The Labute approximate surface area is 379 Å². The molecule has 2 aliphatic heterocycles. The van der Waals surface area contributed by atoms with Gasteiger partial charge in [-0.1, -0.05) is 167 Å². The van der Waals surface area contributed by atoms with Crippen LogP contribution in [0.2, 0.25) is 0 Å². The number of rotatable bonds is 37. The van der Waals surface area contributed by atoms with Gasteiger partial charge in [0.2, 0.25) is 11.8 Å². The first kappa shape index (κ1) is 57.4. The molecular formula is C48H90N2O13. The zero-order chi connectivity index (χ0) is 46.2. The van der Waals surface area contributed by atoms with Crippen molar-refractivity contribution in [2.75, 3.05) is 19.8 Å². The van der Waals surface area contributed by atoms with Gasteiger partial charge in [0, 0.05) is 13.3 Å². The van der Waals surface area contributed by atoms with Crippen molar-refractivity contribution < 1.29 is 64.3 Å².